The summed E-state index contributed by atoms with van der Waals surface area (Å²) in [5.74, 6) is -0.456. The molecule has 1 N–H and O–H groups in total. The molecule has 166 valence electrons. The molecule has 0 amide bonds. The summed E-state index contributed by atoms with van der Waals surface area (Å²) in [5.41, 5.74) is -1.09. The summed E-state index contributed by atoms with van der Waals surface area (Å²) in [6, 6.07) is 6.18. The summed E-state index contributed by atoms with van der Waals surface area (Å²) >= 11 is 0. The molecule has 1 aliphatic carbocycles. The third-order valence-corrected chi connectivity index (χ3v) is 5.43. The minimum absolute atomic E-state index is 0.0788. The molecule has 10 heteroatoms. The fourth-order valence-corrected chi connectivity index (χ4v) is 3.96. The number of nitrogens with zero attached hydrogens (tertiary/aromatic N) is 5. The maximum Gasteiger partial charge on any atom is 0.417 e. The lowest BCUT2D eigenvalue weighted by molar-refractivity contribution is -0.137. The molecule has 0 aliphatic heterocycles. The second kappa shape index (κ2) is 8.94. The summed E-state index contributed by atoms with van der Waals surface area (Å²) in [4.78, 5) is 12.9. The van der Waals surface area contributed by atoms with Crippen molar-refractivity contribution in [2.75, 3.05) is 5.32 Å². The lowest BCUT2D eigenvalue weighted by Gasteiger charge is -2.23. The van der Waals surface area contributed by atoms with Gasteiger partial charge in [0.15, 0.2) is 0 Å². The topological polar surface area (TPSA) is 79.4 Å². The predicted molar refractivity (Wildman–Crippen MR) is 109 cm³/mol. The van der Waals surface area contributed by atoms with Gasteiger partial charge in [-0.05, 0) is 37.1 Å². The van der Waals surface area contributed by atoms with Crippen LogP contribution in [0.4, 0.5) is 23.5 Å². The fourth-order valence-electron chi connectivity index (χ4n) is 3.96. The molecule has 3 aromatic rings. The molecule has 0 radical (unpaired) electrons. The van der Waals surface area contributed by atoms with Crippen LogP contribution in [0.25, 0.3) is 17.2 Å². The number of halogens is 4. The molecule has 32 heavy (non-hydrogen) atoms. The lowest BCUT2D eigenvalue weighted by atomic mass is 9.96. The van der Waals surface area contributed by atoms with Crippen LogP contribution in [0.15, 0.2) is 36.7 Å². The van der Waals surface area contributed by atoms with Crippen molar-refractivity contribution in [2.45, 2.75) is 50.7 Å². The van der Waals surface area contributed by atoms with Crippen LogP contribution in [0, 0.1) is 17.1 Å². The smallest absolute Gasteiger partial charge is 0.351 e. The molecule has 0 saturated heterocycles. The van der Waals surface area contributed by atoms with E-state index < -0.39 is 17.6 Å². The molecule has 1 saturated carbocycles. The van der Waals surface area contributed by atoms with E-state index in [4.69, 9.17) is 0 Å². The molecule has 2 heterocycles. The Balaban J connectivity index is 1.80. The van der Waals surface area contributed by atoms with Crippen LogP contribution >= 0.6 is 0 Å². The van der Waals surface area contributed by atoms with Gasteiger partial charge in [0.1, 0.15) is 17.5 Å². The van der Waals surface area contributed by atoms with Crippen molar-refractivity contribution in [2.24, 2.45) is 0 Å². The highest BCUT2D eigenvalue weighted by Crippen LogP contribution is 2.38. The van der Waals surface area contributed by atoms with Crippen molar-refractivity contribution in [1.29, 1.82) is 5.26 Å². The van der Waals surface area contributed by atoms with Crippen molar-refractivity contribution < 1.29 is 17.6 Å². The van der Waals surface area contributed by atoms with Crippen LogP contribution in [-0.2, 0) is 12.6 Å². The average molecular weight is 444 g/mol. The molecular weight excluding hydrogens is 424 g/mol. The molecular formula is C22H20F4N6. The molecule has 0 unspecified atom stereocenters. The molecule has 2 aromatic heterocycles. The third kappa shape index (κ3) is 4.56. The van der Waals surface area contributed by atoms with Crippen molar-refractivity contribution in [3.8, 4) is 23.3 Å². The number of benzene rings is 1. The zero-order valence-electron chi connectivity index (χ0n) is 17.0. The summed E-state index contributed by atoms with van der Waals surface area (Å²) in [5, 5.41) is 12.5. The first-order valence-corrected chi connectivity index (χ1v) is 10.3. The van der Waals surface area contributed by atoms with Crippen LogP contribution in [0.2, 0.25) is 0 Å². The number of nitriles is 1. The van der Waals surface area contributed by atoms with Gasteiger partial charge in [-0.2, -0.15) is 23.4 Å². The quantitative estimate of drug-likeness (QED) is 0.541. The Morgan fingerprint density at radius 1 is 1.12 bits per heavy atom. The van der Waals surface area contributed by atoms with E-state index in [2.05, 4.69) is 20.3 Å². The molecule has 1 aromatic carbocycles. The van der Waals surface area contributed by atoms with E-state index in [9.17, 15) is 22.8 Å². The zero-order valence-corrected chi connectivity index (χ0v) is 17.0. The van der Waals surface area contributed by atoms with Gasteiger partial charge in [-0.15, -0.1) is 0 Å². The molecule has 1 aliphatic rings. The van der Waals surface area contributed by atoms with Gasteiger partial charge in [-0.25, -0.2) is 14.4 Å². The van der Waals surface area contributed by atoms with Crippen LogP contribution < -0.4 is 5.32 Å². The lowest BCUT2D eigenvalue weighted by Crippen LogP contribution is -2.23. The van der Waals surface area contributed by atoms with Gasteiger partial charge in [0.25, 0.3) is 0 Å². The van der Waals surface area contributed by atoms with Crippen molar-refractivity contribution in [3.05, 3.63) is 53.7 Å². The summed E-state index contributed by atoms with van der Waals surface area (Å²) < 4.78 is 55.9. The van der Waals surface area contributed by atoms with Gasteiger partial charge >= 0.3 is 6.18 Å². The first-order valence-electron chi connectivity index (χ1n) is 10.3. The number of nitrogens with one attached hydrogen (secondary N) is 1. The van der Waals surface area contributed by atoms with E-state index in [1.807, 2.05) is 6.07 Å². The monoisotopic (exact) mass is 444 g/mol. The standard InChI is InChI=1S/C22H20F4N6/c23-14-6-7-17(18(12-14)22(24,25)26)20-29-13-16(8-10-27)32(20)19-9-11-28-21(31-19)30-15-4-2-1-3-5-15/h6-7,9,11-13,15H,1-5,8H2,(H,28,30,31). The molecule has 6 nitrogen and oxygen atoms in total. The summed E-state index contributed by atoms with van der Waals surface area (Å²) in [6.07, 6.45) is 3.35. The highest BCUT2D eigenvalue weighted by molar-refractivity contribution is 5.64. The molecule has 0 bridgehead atoms. The molecule has 1 fully saturated rings. The SMILES string of the molecule is N#CCc1cnc(-c2ccc(F)cc2C(F)(F)F)n1-c1ccnc(NC2CCCCC2)n1. The number of hydrogen-bond donors (Lipinski definition) is 1. The van der Waals surface area contributed by atoms with Crippen LogP contribution in [0.1, 0.15) is 43.4 Å². The Bertz CT molecular complexity index is 1140. The minimum atomic E-state index is -4.79. The van der Waals surface area contributed by atoms with Crippen LogP contribution in [0.5, 0.6) is 0 Å². The molecule has 0 spiro atoms. The number of anilines is 1. The van der Waals surface area contributed by atoms with Gasteiger partial charge in [0.05, 0.1) is 29.9 Å². The number of imidazole rings is 1. The van der Waals surface area contributed by atoms with E-state index in [1.165, 1.54) is 29.4 Å². The highest BCUT2D eigenvalue weighted by Gasteiger charge is 2.35. The molecule has 0 atom stereocenters. The van der Waals surface area contributed by atoms with Crippen molar-refractivity contribution in [3.63, 3.8) is 0 Å². The maximum absolute atomic E-state index is 13.6. The largest absolute Gasteiger partial charge is 0.417 e. The van der Waals surface area contributed by atoms with E-state index in [1.54, 1.807) is 0 Å². The Morgan fingerprint density at radius 2 is 1.91 bits per heavy atom. The van der Waals surface area contributed by atoms with Gasteiger partial charge in [-0.1, -0.05) is 19.3 Å². The van der Waals surface area contributed by atoms with Gasteiger partial charge < -0.3 is 5.32 Å². The van der Waals surface area contributed by atoms with Gasteiger partial charge in [0.2, 0.25) is 5.95 Å². The van der Waals surface area contributed by atoms with E-state index in [0.29, 0.717) is 17.7 Å². The van der Waals surface area contributed by atoms with E-state index in [0.717, 1.165) is 37.8 Å². The third-order valence-electron chi connectivity index (χ3n) is 5.43. The van der Waals surface area contributed by atoms with Crippen molar-refractivity contribution in [1.82, 2.24) is 19.5 Å². The Morgan fingerprint density at radius 3 is 2.62 bits per heavy atom. The number of hydrogen-bond acceptors (Lipinski definition) is 5. The minimum Gasteiger partial charge on any atom is -0.351 e. The first kappa shape index (κ1) is 21.7. The Hall–Kier alpha value is -3.48. The zero-order chi connectivity index (χ0) is 22.7. The second-order valence-electron chi connectivity index (χ2n) is 7.65. The number of aromatic nitrogens is 4. The van der Waals surface area contributed by atoms with Crippen LogP contribution in [0.3, 0.4) is 0 Å². The van der Waals surface area contributed by atoms with Crippen LogP contribution in [-0.4, -0.2) is 25.6 Å². The van der Waals surface area contributed by atoms with E-state index in [-0.39, 0.29) is 29.7 Å². The highest BCUT2D eigenvalue weighted by atomic mass is 19.4. The maximum atomic E-state index is 13.6. The first-order chi connectivity index (χ1) is 15.4. The van der Waals surface area contributed by atoms with Gasteiger partial charge in [-0.3, -0.25) is 4.57 Å². The fraction of sp³-hybridized carbons (Fsp3) is 0.364. The number of alkyl halides is 3. The number of rotatable bonds is 5. The Labute approximate surface area is 182 Å². The summed E-state index contributed by atoms with van der Waals surface area (Å²) in [7, 11) is 0. The van der Waals surface area contributed by atoms with Gasteiger partial charge in [0, 0.05) is 17.8 Å². The predicted octanol–water partition coefficient (Wildman–Crippen LogP) is 5.30. The molecule has 4 rings (SSSR count). The summed E-state index contributed by atoms with van der Waals surface area (Å²) in [6.45, 7) is 0. The second-order valence-corrected chi connectivity index (χ2v) is 7.65. The van der Waals surface area contributed by atoms with E-state index >= 15 is 0 Å². The normalized spacial score (nSPS) is 14.8. The van der Waals surface area contributed by atoms with Crippen molar-refractivity contribution >= 4 is 5.95 Å². The average Bonchev–Trinajstić information content (AvgIpc) is 3.18. The Kier molecular flexibility index (Phi) is 6.08.